The van der Waals surface area contributed by atoms with Crippen molar-refractivity contribution in [2.45, 2.75) is 45.4 Å². The first kappa shape index (κ1) is 16.6. The van der Waals surface area contributed by atoms with E-state index in [1.165, 1.54) is 11.3 Å². The summed E-state index contributed by atoms with van der Waals surface area (Å²) in [6, 6.07) is 1.75. The average Bonchev–Trinajstić information content (AvgIpc) is 2.65. The van der Waals surface area contributed by atoms with Gasteiger partial charge >= 0.3 is 0 Å². The van der Waals surface area contributed by atoms with Crippen molar-refractivity contribution < 1.29 is 8.42 Å². The second kappa shape index (κ2) is 6.35. The molecule has 2 N–H and O–H groups in total. The summed E-state index contributed by atoms with van der Waals surface area (Å²) in [5, 5.41) is 3.22. The summed E-state index contributed by atoms with van der Waals surface area (Å²) in [6.45, 7) is 12.0. The molecular formula is C13H24N2O2S2. The Morgan fingerprint density at radius 3 is 2.47 bits per heavy atom. The summed E-state index contributed by atoms with van der Waals surface area (Å²) < 4.78 is 27.5. The zero-order valence-corrected chi connectivity index (χ0v) is 14.0. The lowest BCUT2D eigenvalue weighted by Gasteiger charge is -2.18. The van der Waals surface area contributed by atoms with Gasteiger partial charge in [0.15, 0.2) is 0 Å². The molecule has 4 nitrogen and oxygen atoms in total. The SMILES string of the molecule is CCNCc1sc(S(=O)(=O)NCC(C)(C)C)cc1C. The molecule has 0 bridgehead atoms. The van der Waals surface area contributed by atoms with Crippen LogP contribution in [0.3, 0.4) is 0 Å². The minimum absolute atomic E-state index is 0.0635. The van der Waals surface area contributed by atoms with Crippen LogP contribution < -0.4 is 10.0 Å². The Balaban J connectivity index is 2.84. The molecule has 0 saturated carbocycles. The van der Waals surface area contributed by atoms with Crippen molar-refractivity contribution in [3.63, 3.8) is 0 Å². The molecule has 6 heteroatoms. The fourth-order valence-electron chi connectivity index (χ4n) is 1.42. The first-order chi connectivity index (χ1) is 8.65. The molecule has 0 saturated heterocycles. The predicted octanol–water partition coefficient (Wildman–Crippen LogP) is 2.49. The lowest BCUT2D eigenvalue weighted by atomic mass is 9.98. The van der Waals surface area contributed by atoms with Crippen LogP contribution in [0.5, 0.6) is 0 Å². The summed E-state index contributed by atoms with van der Waals surface area (Å²) in [6.07, 6.45) is 0. The van der Waals surface area contributed by atoms with Gasteiger partial charge in [0.2, 0.25) is 10.0 Å². The summed E-state index contributed by atoms with van der Waals surface area (Å²) in [4.78, 5) is 1.08. The van der Waals surface area contributed by atoms with Gasteiger partial charge in [-0.15, -0.1) is 11.3 Å². The quantitative estimate of drug-likeness (QED) is 0.849. The Bertz CT molecular complexity index is 513. The van der Waals surface area contributed by atoms with E-state index in [0.29, 0.717) is 10.8 Å². The fourth-order valence-corrected chi connectivity index (χ4v) is 4.31. The van der Waals surface area contributed by atoms with Gasteiger partial charge in [0.1, 0.15) is 4.21 Å². The molecule has 1 aromatic rings. The van der Waals surface area contributed by atoms with Crippen molar-refractivity contribution >= 4 is 21.4 Å². The zero-order chi connectivity index (χ0) is 14.7. The van der Waals surface area contributed by atoms with E-state index in [9.17, 15) is 8.42 Å². The summed E-state index contributed by atoms with van der Waals surface area (Å²) in [5.41, 5.74) is 0.966. The Hall–Kier alpha value is -0.430. The normalized spacial score (nSPS) is 12.9. The number of hydrogen-bond acceptors (Lipinski definition) is 4. The van der Waals surface area contributed by atoms with Crippen molar-refractivity contribution in [3.8, 4) is 0 Å². The van der Waals surface area contributed by atoms with Crippen molar-refractivity contribution in [3.05, 3.63) is 16.5 Å². The van der Waals surface area contributed by atoms with Gasteiger partial charge in [0.05, 0.1) is 0 Å². The van der Waals surface area contributed by atoms with Gasteiger partial charge in [-0.1, -0.05) is 27.7 Å². The Kier molecular flexibility index (Phi) is 5.55. The molecule has 0 fully saturated rings. The third kappa shape index (κ3) is 5.22. The molecule has 0 aliphatic heterocycles. The van der Waals surface area contributed by atoms with Gasteiger partial charge in [-0.2, -0.15) is 0 Å². The third-order valence-corrected chi connectivity index (χ3v) is 5.70. The summed E-state index contributed by atoms with van der Waals surface area (Å²) in [7, 11) is -3.38. The van der Waals surface area contributed by atoms with Gasteiger partial charge in [-0.05, 0) is 30.5 Å². The molecule has 0 aliphatic carbocycles. The van der Waals surface area contributed by atoms with Crippen LogP contribution in [0.2, 0.25) is 0 Å². The monoisotopic (exact) mass is 304 g/mol. The van der Waals surface area contributed by atoms with Crippen LogP contribution in [0.25, 0.3) is 0 Å². The highest BCUT2D eigenvalue weighted by molar-refractivity contribution is 7.91. The molecule has 0 unspecified atom stereocenters. The molecule has 0 atom stereocenters. The smallest absolute Gasteiger partial charge is 0.250 e. The van der Waals surface area contributed by atoms with Crippen LogP contribution in [-0.2, 0) is 16.6 Å². The highest BCUT2D eigenvalue weighted by Crippen LogP contribution is 2.26. The van der Waals surface area contributed by atoms with Crippen molar-refractivity contribution in [2.75, 3.05) is 13.1 Å². The molecule has 1 rings (SSSR count). The molecule has 0 aliphatic rings. The highest BCUT2D eigenvalue weighted by Gasteiger charge is 2.21. The first-order valence-electron chi connectivity index (χ1n) is 6.45. The van der Waals surface area contributed by atoms with Crippen molar-refractivity contribution in [2.24, 2.45) is 5.41 Å². The van der Waals surface area contributed by atoms with E-state index in [1.807, 2.05) is 34.6 Å². The fraction of sp³-hybridized carbons (Fsp3) is 0.692. The number of nitrogens with one attached hydrogen (secondary N) is 2. The van der Waals surface area contributed by atoms with Gasteiger partial charge in [0, 0.05) is 18.0 Å². The Morgan fingerprint density at radius 1 is 1.32 bits per heavy atom. The molecule has 0 radical (unpaired) electrons. The van der Waals surface area contributed by atoms with E-state index in [-0.39, 0.29) is 5.41 Å². The molecule has 1 aromatic heterocycles. The number of aryl methyl sites for hydroxylation is 1. The maximum absolute atomic E-state index is 12.2. The Morgan fingerprint density at radius 2 is 1.95 bits per heavy atom. The minimum Gasteiger partial charge on any atom is -0.312 e. The van der Waals surface area contributed by atoms with E-state index in [2.05, 4.69) is 10.0 Å². The number of thiophene rings is 1. The summed E-state index contributed by atoms with van der Waals surface area (Å²) >= 11 is 1.34. The lowest BCUT2D eigenvalue weighted by Crippen LogP contribution is -2.31. The van der Waals surface area contributed by atoms with Crippen LogP contribution in [0.4, 0.5) is 0 Å². The van der Waals surface area contributed by atoms with Crippen LogP contribution in [0.1, 0.15) is 38.1 Å². The molecule has 0 aromatic carbocycles. The van der Waals surface area contributed by atoms with E-state index >= 15 is 0 Å². The van der Waals surface area contributed by atoms with E-state index in [1.54, 1.807) is 6.07 Å². The largest absolute Gasteiger partial charge is 0.312 e. The zero-order valence-electron chi connectivity index (χ0n) is 12.3. The minimum atomic E-state index is -3.38. The lowest BCUT2D eigenvalue weighted by molar-refractivity contribution is 0.408. The van der Waals surface area contributed by atoms with Gasteiger partial charge in [-0.25, -0.2) is 13.1 Å². The molecular weight excluding hydrogens is 280 g/mol. The number of hydrogen-bond donors (Lipinski definition) is 2. The number of sulfonamides is 1. The third-order valence-electron chi connectivity index (χ3n) is 2.59. The van der Waals surface area contributed by atoms with Crippen LogP contribution in [-0.4, -0.2) is 21.5 Å². The standard InChI is InChI=1S/C13H24N2O2S2/c1-6-14-8-11-10(2)7-12(18-11)19(16,17)15-9-13(3,4)5/h7,14-15H,6,8-9H2,1-5H3. The summed E-state index contributed by atoms with van der Waals surface area (Å²) in [5.74, 6) is 0. The Labute approximate surface area is 120 Å². The van der Waals surface area contributed by atoms with Crippen molar-refractivity contribution in [1.29, 1.82) is 0 Å². The van der Waals surface area contributed by atoms with E-state index in [0.717, 1.165) is 23.5 Å². The predicted molar refractivity (Wildman–Crippen MR) is 81.1 cm³/mol. The molecule has 1 heterocycles. The topological polar surface area (TPSA) is 58.2 Å². The first-order valence-corrected chi connectivity index (χ1v) is 8.75. The van der Waals surface area contributed by atoms with E-state index < -0.39 is 10.0 Å². The number of rotatable bonds is 6. The highest BCUT2D eigenvalue weighted by atomic mass is 32.2. The maximum atomic E-state index is 12.2. The van der Waals surface area contributed by atoms with Gasteiger partial charge in [0.25, 0.3) is 0 Å². The molecule has 110 valence electrons. The van der Waals surface area contributed by atoms with Crippen LogP contribution in [0.15, 0.2) is 10.3 Å². The molecule has 19 heavy (non-hydrogen) atoms. The second-order valence-corrected chi connectivity index (χ2v) is 8.97. The molecule has 0 spiro atoms. The van der Waals surface area contributed by atoms with Gasteiger partial charge in [-0.3, -0.25) is 0 Å². The van der Waals surface area contributed by atoms with Crippen LogP contribution >= 0.6 is 11.3 Å². The van der Waals surface area contributed by atoms with Gasteiger partial charge < -0.3 is 5.32 Å². The average molecular weight is 304 g/mol. The molecule has 0 amide bonds. The second-order valence-electron chi connectivity index (χ2n) is 5.84. The van der Waals surface area contributed by atoms with E-state index in [4.69, 9.17) is 0 Å². The van der Waals surface area contributed by atoms with Crippen molar-refractivity contribution in [1.82, 2.24) is 10.0 Å². The maximum Gasteiger partial charge on any atom is 0.250 e. The van der Waals surface area contributed by atoms with Crippen LogP contribution in [0, 0.1) is 12.3 Å².